The third-order valence-corrected chi connectivity index (χ3v) is 8.12. The highest BCUT2D eigenvalue weighted by atomic mass is 32.2. The first-order valence-corrected chi connectivity index (χ1v) is 13.5. The molecule has 9 heteroatoms. The molecule has 1 fully saturated rings. The summed E-state index contributed by atoms with van der Waals surface area (Å²) >= 11 is 1.26. The summed E-state index contributed by atoms with van der Waals surface area (Å²) in [7, 11) is 1.57. The van der Waals surface area contributed by atoms with Crippen LogP contribution in [-0.2, 0) is 11.2 Å². The number of piperidine rings is 1. The molecular weight excluding hydrogens is 501 g/mol. The van der Waals surface area contributed by atoms with E-state index >= 15 is 0 Å². The Morgan fingerprint density at radius 3 is 2.78 bits per heavy atom. The van der Waals surface area contributed by atoms with E-state index < -0.39 is 17.6 Å². The maximum absolute atomic E-state index is 14.7. The van der Waals surface area contributed by atoms with Crippen LogP contribution in [0.3, 0.4) is 0 Å². The first-order chi connectivity index (χ1) is 17.8. The summed E-state index contributed by atoms with van der Waals surface area (Å²) in [5, 5.41) is 10.2. The monoisotopic (exact) mass is 532 g/mol. The normalized spacial score (nSPS) is 18.3. The molecule has 2 heterocycles. The fourth-order valence-electron chi connectivity index (χ4n) is 5.19. The molecule has 0 amide bonds. The Morgan fingerprint density at radius 2 is 2.00 bits per heavy atom. The topological polar surface area (TPSA) is 62.7 Å². The van der Waals surface area contributed by atoms with Crippen LogP contribution in [0, 0.1) is 29.3 Å². The smallest absolute Gasteiger partial charge is 0.303 e. The molecule has 198 valence electrons. The summed E-state index contributed by atoms with van der Waals surface area (Å²) in [4.78, 5) is 18.2. The van der Waals surface area contributed by atoms with Crippen molar-refractivity contribution in [1.82, 2.24) is 9.88 Å². The van der Waals surface area contributed by atoms with Crippen molar-refractivity contribution < 1.29 is 27.8 Å². The first kappa shape index (κ1) is 27.3. The third-order valence-electron chi connectivity index (χ3n) is 7.11. The number of likely N-dealkylation sites (tertiary alicyclic amines) is 1. The summed E-state index contributed by atoms with van der Waals surface area (Å²) in [6, 6.07) is 8.85. The van der Waals surface area contributed by atoms with E-state index in [2.05, 4.69) is 9.88 Å². The fourth-order valence-corrected chi connectivity index (χ4v) is 6.16. The largest absolute Gasteiger partial charge is 0.497 e. The maximum atomic E-state index is 14.7. The van der Waals surface area contributed by atoms with E-state index in [1.807, 2.05) is 6.07 Å². The van der Waals surface area contributed by atoms with Crippen LogP contribution in [0.2, 0.25) is 0 Å². The predicted molar refractivity (Wildman–Crippen MR) is 139 cm³/mol. The molecule has 1 aromatic heterocycles. The fraction of sp³-hybridized carbons (Fsp3) is 0.429. The first-order valence-electron chi connectivity index (χ1n) is 12.5. The standard InChI is InChI=1S/C28H31F3N2O3S/c1-36-21-6-8-26-23(15-21)22(25(31)16-32-26)4-2-3-18-9-10-33(17-19(18)13-28(34)35)11-12-37-27-14-20(29)5-7-24(27)30/h5-8,14-16,18-19H,2-4,9-13,17H2,1H3,(H,34,35). The number of hydrogen-bond acceptors (Lipinski definition) is 5. The highest BCUT2D eigenvalue weighted by Crippen LogP contribution is 2.33. The van der Waals surface area contributed by atoms with Crippen LogP contribution in [0.4, 0.5) is 13.2 Å². The molecule has 3 aromatic rings. The maximum Gasteiger partial charge on any atom is 0.303 e. The second-order valence-corrected chi connectivity index (χ2v) is 10.6. The van der Waals surface area contributed by atoms with Gasteiger partial charge in [0, 0.05) is 35.5 Å². The number of hydrogen-bond donors (Lipinski definition) is 1. The number of fused-ring (bicyclic) bond motifs is 1. The van der Waals surface area contributed by atoms with Gasteiger partial charge in [0.2, 0.25) is 0 Å². The van der Waals surface area contributed by atoms with E-state index in [0.717, 1.165) is 43.3 Å². The number of aliphatic carboxylic acids is 1. The van der Waals surface area contributed by atoms with E-state index in [1.165, 1.54) is 24.0 Å². The summed E-state index contributed by atoms with van der Waals surface area (Å²) in [6.07, 6.45) is 4.27. The Kier molecular flexibility index (Phi) is 9.32. The van der Waals surface area contributed by atoms with Crippen LogP contribution >= 0.6 is 11.8 Å². The van der Waals surface area contributed by atoms with Crippen LogP contribution in [0.25, 0.3) is 10.9 Å². The van der Waals surface area contributed by atoms with Gasteiger partial charge in [0.1, 0.15) is 23.2 Å². The lowest BCUT2D eigenvalue weighted by Crippen LogP contribution is -2.42. The molecule has 0 spiro atoms. The van der Waals surface area contributed by atoms with Crippen molar-refractivity contribution in [2.75, 3.05) is 32.5 Å². The molecule has 0 radical (unpaired) electrons. The number of nitrogens with zero attached hydrogens (tertiary/aromatic N) is 2. The number of aryl methyl sites for hydroxylation is 1. The number of carboxylic acid groups (broad SMARTS) is 1. The van der Waals surface area contributed by atoms with Gasteiger partial charge in [-0.2, -0.15) is 0 Å². The van der Waals surface area contributed by atoms with Gasteiger partial charge in [-0.3, -0.25) is 9.78 Å². The van der Waals surface area contributed by atoms with Crippen LogP contribution in [0.15, 0.2) is 47.5 Å². The number of rotatable bonds is 11. The lowest BCUT2D eigenvalue weighted by molar-refractivity contribution is -0.139. The summed E-state index contributed by atoms with van der Waals surface area (Å²) in [6.45, 7) is 2.13. The third kappa shape index (κ3) is 7.17. The lowest BCUT2D eigenvalue weighted by atomic mass is 9.80. The highest BCUT2D eigenvalue weighted by molar-refractivity contribution is 7.99. The number of aromatic nitrogens is 1. The van der Waals surface area contributed by atoms with Crippen LogP contribution in [-0.4, -0.2) is 53.5 Å². The lowest BCUT2D eigenvalue weighted by Gasteiger charge is -2.38. The molecule has 37 heavy (non-hydrogen) atoms. The van der Waals surface area contributed by atoms with E-state index in [0.29, 0.717) is 42.1 Å². The molecule has 2 aromatic carbocycles. The summed E-state index contributed by atoms with van der Waals surface area (Å²) < 4.78 is 47.3. The van der Waals surface area contributed by atoms with Crippen LogP contribution in [0.1, 0.15) is 31.2 Å². The number of thioether (sulfide) groups is 1. The molecular formula is C28H31F3N2O3S. The molecule has 2 atom stereocenters. The summed E-state index contributed by atoms with van der Waals surface area (Å²) in [5.41, 5.74) is 1.32. The number of halogens is 3. The van der Waals surface area contributed by atoms with Gasteiger partial charge in [0.15, 0.2) is 0 Å². The average molecular weight is 533 g/mol. The number of pyridine rings is 1. The Balaban J connectivity index is 1.34. The van der Waals surface area contributed by atoms with E-state index in [1.54, 1.807) is 19.2 Å². The Labute approximate surface area is 219 Å². The SMILES string of the molecule is COc1ccc2ncc(F)c(CCCC3CCN(CCSc4cc(F)ccc4F)CC3CC(=O)O)c2c1. The Morgan fingerprint density at radius 1 is 1.16 bits per heavy atom. The van der Waals surface area contributed by atoms with Gasteiger partial charge in [-0.05, 0) is 86.0 Å². The number of carbonyl (C=O) groups is 1. The average Bonchev–Trinajstić information content (AvgIpc) is 2.87. The molecule has 4 rings (SSSR count). The second-order valence-electron chi connectivity index (χ2n) is 9.49. The molecule has 1 aliphatic rings. The molecule has 1 N–H and O–H groups in total. The van der Waals surface area contributed by atoms with Crippen molar-refractivity contribution >= 4 is 28.6 Å². The Bertz CT molecular complexity index is 1240. The molecule has 5 nitrogen and oxygen atoms in total. The molecule has 0 aliphatic carbocycles. The van der Waals surface area contributed by atoms with Crippen molar-refractivity contribution in [3.63, 3.8) is 0 Å². The van der Waals surface area contributed by atoms with Crippen molar-refractivity contribution in [1.29, 1.82) is 0 Å². The molecule has 0 bridgehead atoms. The number of carboxylic acids is 1. The summed E-state index contributed by atoms with van der Waals surface area (Å²) in [5.74, 6) is -0.629. The Hall–Kier alpha value is -2.78. The van der Waals surface area contributed by atoms with E-state index in [9.17, 15) is 23.1 Å². The second kappa shape index (κ2) is 12.6. The minimum absolute atomic E-state index is 0.0127. The minimum atomic E-state index is -0.827. The zero-order chi connectivity index (χ0) is 26.4. The van der Waals surface area contributed by atoms with Crippen LogP contribution in [0.5, 0.6) is 5.75 Å². The van der Waals surface area contributed by atoms with Crippen molar-refractivity contribution in [2.24, 2.45) is 11.8 Å². The highest BCUT2D eigenvalue weighted by Gasteiger charge is 2.30. The van der Waals surface area contributed by atoms with Gasteiger partial charge in [-0.25, -0.2) is 13.2 Å². The van der Waals surface area contributed by atoms with Gasteiger partial charge in [0.05, 0.1) is 18.8 Å². The van der Waals surface area contributed by atoms with Gasteiger partial charge < -0.3 is 14.7 Å². The quantitative estimate of drug-likeness (QED) is 0.297. The number of ether oxygens (including phenoxy) is 1. The molecule has 1 aliphatic heterocycles. The zero-order valence-corrected chi connectivity index (χ0v) is 21.6. The van der Waals surface area contributed by atoms with Gasteiger partial charge in [0.25, 0.3) is 0 Å². The number of methoxy groups -OCH3 is 1. The van der Waals surface area contributed by atoms with E-state index in [4.69, 9.17) is 4.74 Å². The number of benzene rings is 2. The minimum Gasteiger partial charge on any atom is -0.497 e. The van der Waals surface area contributed by atoms with Crippen LogP contribution < -0.4 is 4.74 Å². The van der Waals surface area contributed by atoms with E-state index in [-0.39, 0.29) is 29.0 Å². The van der Waals surface area contributed by atoms with Crippen molar-refractivity contribution in [2.45, 2.75) is 37.0 Å². The zero-order valence-electron chi connectivity index (χ0n) is 20.8. The molecule has 1 saturated heterocycles. The van der Waals surface area contributed by atoms with Crippen molar-refractivity contribution in [3.05, 3.63) is 65.6 Å². The van der Waals surface area contributed by atoms with Gasteiger partial charge in [-0.1, -0.05) is 0 Å². The van der Waals surface area contributed by atoms with Gasteiger partial charge >= 0.3 is 5.97 Å². The molecule has 2 unspecified atom stereocenters. The van der Waals surface area contributed by atoms with Crippen molar-refractivity contribution in [3.8, 4) is 5.75 Å². The van der Waals surface area contributed by atoms with Gasteiger partial charge in [-0.15, -0.1) is 11.8 Å². The predicted octanol–water partition coefficient (Wildman–Crippen LogP) is 6.19. The molecule has 0 saturated carbocycles.